The molecule has 0 aliphatic heterocycles. The van der Waals surface area contributed by atoms with E-state index < -0.39 is 6.10 Å². The monoisotopic (exact) mass is 889 g/mol. The molecule has 0 bridgehead atoms. The second-order valence-corrected chi connectivity index (χ2v) is 19.2. The number of esters is 3. The SMILES string of the molecule is CCCCCCCCC/C=C\CCCCCC(=O)OC(COC(=O)CCCCCCCCCCCCCC)COC(=O)CCCCCCCCCCCCCCCCCCCCC. The van der Waals surface area contributed by atoms with Crippen molar-refractivity contribution in [3.05, 3.63) is 12.2 Å². The largest absolute Gasteiger partial charge is 0.462 e. The van der Waals surface area contributed by atoms with Crippen LogP contribution in [0.3, 0.4) is 0 Å². The van der Waals surface area contributed by atoms with Crippen molar-refractivity contribution in [2.45, 2.75) is 322 Å². The van der Waals surface area contributed by atoms with E-state index in [4.69, 9.17) is 14.2 Å². The van der Waals surface area contributed by atoms with Crippen LogP contribution >= 0.6 is 0 Å². The summed E-state index contributed by atoms with van der Waals surface area (Å²) >= 11 is 0. The highest BCUT2D eigenvalue weighted by Crippen LogP contribution is 2.17. The van der Waals surface area contributed by atoms with E-state index in [-0.39, 0.29) is 31.1 Å². The smallest absolute Gasteiger partial charge is 0.306 e. The van der Waals surface area contributed by atoms with Gasteiger partial charge in [0.25, 0.3) is 0 Å². The molecule has 0 N–H and O–H groups in total. The molecular weight excluding hydrogens is 781 g/mol. The van der Waals surface area contributed by atoms with E-state index in [1.165, 1.54) is 205 Å². The Morgan fingerprint density at radius 3 is 0.810 bits per heavy atom. The standard InChI is InChI=1S/C57H108O6/c1-4-7-10-13-16-19-22-25-27-28-29-30-31-33-35-38-41-44-47-50-56(59)62-53-54(52-61-55(58)49-46-43-40-37-34-24-21-18-15-12-9-6-3)63-57(60)51-48-45-42-39-36-32-26-23-20-17-14-11-8-5-2/h32,36,54H,4-31,33-35,37-53H2,1-3H3/b36-32-. The van der Waals surface area contributed by atoms with Gasteiger partial charge in [0, 0.05) is 19.3 Å². The van der Waals surface area contributed by atoms with Crippen molar-refractivity contribution in [3.63, 3.8) is 0 Å². The Bertz CT molecular complexity index is 978. The van der Waals surface area contributed by atoms with E-state index in [1.807, 2.05) is 0 Å². The Labute approximate surface area is 392 Å². The van der Waals surface area contributed by atoms with Gasteiger partial charge in [-0.15, -0.1) is 0 Å². The molecule has 0 rings (SSSR count). The quantitative estimate of drug-likeness (QED) is 0.0262. The summed E-state index contributed by atoms with van der Waals surface area (Å²) in [5.74, 6) is -0.865. The van der Waals surface area contributed by atoms with Gasteiger partial charge in [-0.3, -0.25) is 14.4 Å². The van der Waals surface area contributed by atoms with E-state index >= 15 is 0 Å². The number of carbonyl (C=O) groups excluding carboxylic acids is 3. The van der Waals surface area contributed by atoms with Crippen LogP contribution in [0.1, 0.15) is 316 Å². The Balaban J connectivity index is 4.28. The molecule has 0 aromatic heterocycles. The molecule has 0 spiro atoms. The lowest BCUT2D eigenvalue weighted by Crippen LogP contribution is -2.30. The minimum absolute atomic E-state index is 0.0703. The Morgan fingerprint density at radius 1 is 0.302 bits per heavy atom. The van der Waals surface area contributed by atoms with Crippen LogP contribution in [-0.4, -0.2) is 37.2 Å². The summed E-state index contributed by atoms with van der Waals surface area (Å²) in [6, 6.07) is 0. The van der Waals surface area contributed by atoms with Gasteiger partial charge in [0.1, 0.15) is 13.2 Å². The van der Waals surface area contributed by atoms with Crippen LogP contribution in [0.4, 0.5) is 0 Å². The van der Waals surface area contributed by atoms with Crippen molar-refractivity contribution >= 4 is 17.9 Å². The summed E-state index contributed by atoms with van der Waals surface area (Å²) < 4.78 is 16.8. The second kappa shape index (κ2) is 52.8. The first-order valence-corrected chi connectivity index (χ1v) is 28.2. The molecule has 0 aromatic rings. The summed E-state index contributed by atoms with van der Waals surface area (Å²) in [4.78, 5) is 38.0. The topological polar surface area (TPSA) is 78.9 Å². The molecule has 1 unspecified atom stereocenters. The molecule has 0 aliphatic carbocycles. The average molecular weight is 889 g/mol. The molecule has 63 heavy (non-hydrogen) atoms. The van der Waals surface area contributed by atoms with Gasteiger partial charge in [-0.2, -0.15) is 0 Å². The van der Waals surface area contributed by atoms with Crippen molar-refractivity contribution in [2.75, 3.05) is 13.2 Å². The number of hydrogen-bond acceptors (Lipinski definition) is 6. The van der Waals surface area contributed by atoms with Crippen molar-refractivity contribution < 1.29 is 28.6 Å². The summed E-state index contributed by atoms with van der Waals surface area (Å²) in [5.41, 5.74) is 0. The maximum absolute atomic E-state index is 12.8. The molecule has 372 valence electrons. The molecule has 6 nitrogen and oxygen atoms in total. The van der Waals surface area contributed by atoms with Gasteiger partial charge in [-0.05, 0) is 44.9 Å². The third-order valence-corrected chi connectivity index (χ3v) is 12.8. The highest BCUT2D eigenvalue weighted by Gasteiger charge is 2.19. The maximum atomic E-state index is 12.8. The predicted octanol–water partition coefficient (Wildman–Crippen LogP) is 18.5. The summed E-state index contributed by atoms with van der Waals surface area (Å²) in [6.07, 6.45) is 59.2. The van der Waals surface area contributed by atoms with Crippen LogP contribution in [0.2, 0.25) is 0 Å². The molecule has 0 radical (unpaired) electrons. The van der Waals surface area contributed by atoms with E-state index in [0.29, 0.717) is 19.3 Å². The third kappa shape index (κ3) is 51.0. The van der Waals surface area contributed by atoms with Crippen molar-refractivity contribution in [1.82, 2.24) is 0 Å². The minimum atomic E-state index is -0.771. The van der Waals surface area contributed by atoms with Crippen LogP contribution in [-0.2, 0) is 28.6 Å². The van der Waals surface area contributed by atoms with Gasteiger partial charge in [-0.25, -0.2) is 0 Å². The number of carbonyl (C=O) groups is 3. The number of hydrogen-bond donors (Lipinski definition) is 0. The highest BCUT2D eigenvalue weighted by atomic mass is 16.6. The third-order valence-electron chi connectivity index (χ3n) is 12.8. The van der Waals surface area contributed by atoms with Crippen molar-refractivity contribution in [2.24, 2.45) is 0 Å². The lowest BCUT2D eigenvalue weighted by atomic mass is 10.0. The van der Waals surface area contributed by atoms with Crippen molar-refractivity contribution in [1.29, 1.82) is 0 Å². The molecule has 6 heteroatoms. The van der Waals surface area contributed by atoms with E-state index in [9.17, 15) is 14.4 Å². The Hall–Kier alpha value is -1.85. The van der Waals surface area contributed by atoms with Gasteiger partial charge in [0.15, 0.2) is 6.10 Å². The Kier molecular flexibility index (Phi) is 51.2. The number of allylic oxidation sites excluding steroid dienone is 2. The van der Waals surface area contributed by atoms with Gasteiger partial charge in [0.05, 0.1) is 0 Å². The van der Waals surface area contributed by atoms with Crippen LogP contribution in [0.25, 0.3) is 0 Å². The zero-order valence-electron chi connectivity index (χ0n) is 42.6. The predicted molar refractivity (Wildman–Crippen MR) is 270 cm³/mol. The molecule has 1 atom stereocenters. The number of ether oxygens (including phenoxy) is 3. The van der Waals surface area contributed by atoms with Gasteiger partial charge in [0.2, 0.25) is 0 Å². The summed E-state index contributed by atoms with van der Waals surface area (Å²) in [5, 5.41) is 0. The molecule has 0 aliphatic rings. The minimum Gasteiger partial charge on any atom is -0.462 e. The van der Waals surface area contributed by atoms with Gasteiger partial charge < -0.3 is 14.2 Å². The maximum Gasteiger partial charge on any atom is 0.306 e. The number of rotatable bonds is 52. The van der Waals surface area contributed by atoms with Crippen LogP contribution in [0, 0.1) is 0 Å². The van der Waals surface area contributed by atoms with Gasteiger partial charge >= 0.3 is 17.9 Å². The summed E-state index contributed by atoms with van der Waals surface area (Å²) in [6.45, 7) is 6.67. The molecule has 0 fully saturated rings. The lowest BCUT2D eigenvalue weighted by Gasteiger charge is -2.18. The van der Waals surface area contributed by atoms with Crippen LogP contribution in [0.5, 0.6) is 0 Å². The molecule has 0 heterocycles. The molecule has 0 amide bonds. The fraction of sp³-hybridized carbons (Fsp3) is 0.912. The normalized spacial score (nSPS) is 12.0. The van der Waals surface area contributed by atoms with E-state index in [1.54, 1.807) is 0 Å². The van der Waals surface area contributed by atoms with E-state index in [2.05, 4.69) is 32.9 Å². The van der Waals surface area contributed by atoms with Crippen LogP contribution in [0.15, 0.2) is 12.2 Å². The highest BCUT2D eigenvalue weighted by molar-refractivity contribution is 5.71. The van der Waals surface area contributed by atoms with Crippen LogP contribution < -0.4 is 0 Å². The zero-order chi connectivity index (χ0) is 45.8. The molecule has 0 aromatic carbocycles. The van der Waals surface area contributed by atoms with Crippen molar-refractivity contribution in [3.8, 4) is 0 Å². The molecule has 0 saturated heterocycles. The second-order valence-electron chi connectivity index (χ2n) is 19.2. The zero-order valence-corrected chi connectivity index (χ0v) is 42.6. The fourth-order valence-corrected chi connectivity index (χ4v) is 8.50. The number of unbranched alkanes of at least 4 members (excludes halogenated alkanes) is 39. The Morgan fingerprint density at radius 2 is 0.524 bits per heavy atom. The lowest BCUT2D eigenvalue weighted by molar-refractivity contribution is -0.167. The first kappa shape index (κ1) is 61.1. The summed E-state index contributed by atoms with van der Waals surface area (Å²) in [7, 11) is 0. The molecular formula is C57H108O6. The molecule has 0 saturated carbocycles. The van der Waals surface area contributed by atoms with E-state index in [0.717, 1.165) is 70.6 Å². The first-order valence-electron chi connectivity index (χ1n) is 28.2. The first-order chi connectivity index (χ1) is 31.0. The van der Waals surface area contributed by atoms with Gasteiger partial charge in [-0.1, -0.05) is 264 Å². The average Bonchev–Trinajstić information content (AvgIpc) is 3.28. The fourth-order valence-electron chi connectivity index (χ4n) is 8.50.